The van der Waals surface area contributed by atoms with Gasteiger partial charge in [-0.2, -0.15) is 0 Å². The van der Waals surface area contributed by atoms with Crippen LogP contribution in [0.5, 0.6) is 5.88 Å². The Labute approximate surface area is 148 Å². The Hall–Kier alpha value is -3.23. The van der Waals surface area contributed by atoms with Crippen LogP contribution < -0.4 is 10.1 Å². The summed E-state index contributed by atoms with van der Waals surface area (Å²) in [7, 11) is 0. The minimum atomic E-state index is -0.631. The quantitative estimate of drug-likeness (QED) is 0.771. The molecule has 9 heteroatoms. The predicted octanol–water partition coefficient (Wildman–Crippen LogP) is -0.822. The Morgan fingerprint density at radius 3 is 2.96 bits per heavy atom. The fourth-order valence-corrected chi connectivity index (χ4v) is 3.23. The molecule has 0 unspecified atom stereocenters. The SMILES string of the molecule is O=C1NCC(=O)N2CCN(C(=O)COc3ncnc4ccccc34)C[C@H]12. The van der Waals surface area contributed by atoms with Gasteiger partial charge in [0, 0.05) is 13.1 Å². The van der Waals surface area contributed by atoms with E-state index in [1.807, 2.05) is 24.3 Å². The molecule has 0 radical (unpaired) electrons. The molecule has 0 spiro atoms. The van der Waals surface area contributed by atoms with Gasteiger partial charge >= 0.3 is 0 Å². The highest BCUT2D eigenvalue weighted by Crippen LogP contribution is 2.21. The van der Waals surface area contributed by atoms with Crippen molar-refractivity contribution in [2.75, 3.05) is 32.8 Å². The summed E-state index contributed by atoms with van der Waals surface area (Å²) in [4.78, 5) is 47.6. The summed E-state index contributed by atoms with van der Waals surface area (Å²) in [5.74, 6) is -0.262. The molecule has 2 aromatic rings. The maximum absolute atomic E-state index is 12.5. The lowest BCUT2D eigenvalue weighted by atomic mass is 10.1. The van der Waals surface area contributed by atoms with Gasteiger partial charge in [-0.3, -0.25) is 14.4 Å². The van der Waals surface area contributed by atoms with E-state index in [2.05, 4.69) is 15.3 Å². The molecule has 3 amide bonds. The standard InChI is InChI=1S/C17H17N5O4/c23-14-7-18-16(25)13-8-21(5-6-22(13)14)15(24)9-26-17-11-3-1-2-4-12(11)19-10-20-17/h1-4,10,13H,5-9H2,(H,18,25)/t13-/m1/s1. The molecule has 1 aromatic carbocycles. The van der Waals surface area contributed by atoms with E-state index in [0.29, 0.717) is 19.0 Å². The van der Waals surface area contributed by atoms with E-state index < -0.39 is 6.04 Å². The Balaban J connectivity index is 1.42. The fraction of sp³-hybridized carbons (Fsp3) is 0.353. The molecule has 134 valence electrons. The van der Waals surface area contributed by atoms with E-state index in [1.165, 1.54) is 11.2 Å². The van der Waals surface area contributed by atoms with Gasteiger partial charge in [0.15, 0.2) is 6.61 Å². The molecule has 0 saturated carbocycles. The highest BCUT2D eigenvalue weighted by molar-refractivity contribution is 5.95. The van der Waals surface area contributed by atoms with Crippen LogP contribution in [0.3, 0.4) is 0 Å². The van der Waals surface area contributed by atoms with Crippen LogP contribution in [-0.2, 0) is 14.4 Å². The number of aromatic nitrogens is 2. The van der Waals surface area contributed by atoms with Crippen LogP contribution in [0.2, 0.25) is 0 Å². The first-order valence-electron chi connectivity index (χ1n) is 8.31. The van der Waals surface area contributed by atoms with E-state index in [0.717, 1.165) is 10.9 Å². The van der Waals surface area contributed by atoms with Crippen molar-refractivity contribution in [2.24, 2.45) is 0 Å². The second-order valence-corrected chi connectivity index (χ2v) is 6.15. The van der Waals surface area contributed by atoms with Gasteiger partial charge in [0.25, 0.3) is 5.91 Å². The largest absolute Gasteiger partial charge is 0.467 e. The second-order valence-electron chi connectivity index (χ2n) is 6.15. The third-order valence-corrected chi connectivity index (χ3v) is 4.61. The average Bonchev–Trinajstić information content (AvgIpc) is 2.68. The normalized spacial score (nSPS) is 19.9. The fourth-order valence-electron chi connectivity index (χ4n) is 3.23. The van der Waals surface area contributed by atoms with Crippen molar-refractivity contribution < 1.29 is 19.1 Å². The van der Waals surface area contributed by atoms with E-state index in [4.69, 9.17) is 4.74 Å². The number of para-hydroxylation sites is 1. The van der Waals surface area contributed by atoms with Crippen LogP contribution >= 0.6 is 0 Å². The van der Waals surface area contributed by atoms with E-state index in [1.54, 1.807) is 4.90 Å². The summed E-state index contributed by atoms with van der Waals surface area (Å²) in [5, 5.41) is 3.28. The van der Waals surface area contributed by atoms with Crippen molar-refractivity contribution in [1.29, 1.82) is 0 Å². The summed E-state index contributed by atoms with van der Waals surface area (Å²) < 4.78 is 5.59. The van der Waals surface area contributed by atoms with Gasteiger partial charge < -0.3 is 19.9 Å². The smallest absolute Gasteiger partial charge is 0.260 e. The first-order valence-corrected chi connectivity index (χ1v) is 8.31. The van der Waals surface area contributed by atoms with Crippen LogP contribution in [0.25, 0.3) is 10.9 Å². The van der Waals surface area contributed by atoms with Gasteiger partial charge in [0.1, 0.15) is 12.4 Å². The number of nitrogens with zero attached hydrogens (tertiary/aromatic N) is 4. The van der Waals surface area contributed by atoms with Crippen molar-refractivity contribution in [2.45, 2.75) is 6.04 Å². The molecule has 2 aliphatic heterocycles. The number of amides is 3. The van der Waals surface area contributed by atoms with Gasteiger partial charge in [-0.25, -0.2) is 9.97 Å². The molecular formula is C17H17N5O4. The maximum atomic E-state index is 12.5. The number of carbonyl (C=O) groups excluding carboxylic acids is 3. The lowest BCUT2D eigenvalue weighted by Gasteiger charge is -2.42. The predicted molar refractivity (Wildman–Crippen MR) is 90.1 cm³/mol. The van der Waals surface area contributed by atoms with E-state index >= 15 is 0 Å². The number of hydrogen-bond donors (Lipinski definition) is 1. The third-order valence-electron chi connectivity index (χ3n) is 4.61. The van der Waals surface area contributed by atoms with E-state index in [-0.39, 0.29) is 37.4 Å². The molecular weight excluding hydrogens is 338 g/mol. The lowest BCUT2D eigenvalue weighted by Crippen LogP contribution is -2.66. The van der Waals surface area contributed by atoms with Crippen LogP contribution in [0.4, 0.5) is 0 Å². The molecule has 2 fully saturated rings. The summed E-state index contributed by atoms with van der Waals surface area (Å²) in [5.41, 5.74) is 0.732. The van der Waals surface area contributed by atoms with Crippen molar-refractivity contribution in [3.63, 3.8) is 0 Å². The first-order chi connectivity index (χ1) is 12.6. The molecule has 4 rings (SSSR count). The Morgan fingerprint density at radius 2 is 2.08 bits per heavy atom. The minimum absolute atomic E-state index is 0.0210. The Morgan fingerprint density at radius 1 is 1.23 bits per heavy atom. The molecule has 2 aliphatic rings. The number of fused-ring (bicyclic) bond motifs is 2. The molecule has 2 saturated heterocycles. The second kappa shape index (κ2) is 6.58. The number of hydrogen-bond acceptors (Lipinski definition) is 6. The highest BCUT2D eigenvalue weighted by Gasteiger charge is 2.39. The zero-order chi connectivity index (χ0) is 18.1. The van der Waals surface area contributed by atoms with Gasteiger partial charge in [0.2, 0.25) is 17.7 Å². The third kappa shape index (κ3) is 2.92. The van der Waals surface area contributed by atoms with Crippen LogP contribution in [0.1, 0.15) is 0 Å². The highest BCUT2D eigenvalue weighted by atomic mass is 16.5. The van der Waals surface area contributed by atoms with Crippen LogP contribution in [0.15, 0.2) is 30.6 Å². The van der Waals surface area contributed by atoms with Crippen LogP contribution in [-0.4, -0.2) is 76.3 Å². The monoisotopic (exact) mass is 355 g/mol. The van der Waals surface area contributed by atoms with Gasteiger partial charge in [-0.15, -0.1) is 0 Å². The number of carbonyl (C=O) groups is 3. The molecule has 9 nitrogen and oxygen atoms in total. The molecule has 0 bridgehead atoms. The lowest BCUT2D eigenvalue weighted by molar-refractivity contribution is -0.153. The summed E-state index contributed by atoms with van der Waals surface area (Å²) >= 11 is 0. The number of piperazine rings is 2. The molecule has 0 aliphatic carbocycles. The molecule has 1 atom stereocenters. The summed E-state index contributed by atoms with van der Waals surface area (Å²) in [6.07, 6.45) is 1.39. The Bertz CT molecular complexity index is 881. The minimum Gasteiger partial charge on any atom is -0.467 e. The Kier molecular flexibility index (Phi) is 4.11. The topological polar surface area (TPSA) is 105 Å². The molecule has 1 N–H and O–H groups in total. The maximum Gasteiger partial charge on any atom is 0.260 e. The van der Waals surface area contributed by atoms with Gasteiger partial charge in [-0.05, 0) is 12.1 Å². The first kappa shape index (κ1) is 16.2. The van der Waals surface area contributed by atoms with Crippen molar-refractivity contribution >= 4 is 28.6 Å². The molecule has 1 aromatic heterocycles. The zero-order valence-corrected chi connectivity index (χ0v) is 13.9. The summed E-state index contributed by atoms with van der Waals surface area (Å²) in [6.45, 7) is 0.724. The van der Waals surface area contributed by atoms with E-state index in [9.17, 15) is 14.4 Å². The summed E-state index contributed by atoms with van der Waals surface area (Å²) in [6, 6.07) is 6.74. The number of nitrogens with one attached hydrogen (secondary N) is 1. The van der Waals surface area contributed by atoms with Crippen molar-refractivity contribution in [1.82, 2.24) is 25.1 Å². The van der Waals surface area contributed by atoms with Gasteiger partial charge in [0.05, 0.1) is 24.0 Å². The van der Waals surface area contributed by atoms with Crippen LogP contribution in [0, 0.1) is 0 Å². The molecule has 26 heavy (non-hydrogen) atoms. The van der Waals surface area contributed by atoms with Crippen molar-refractivity contribution in [3.8, 4) is 5.88 Å². The number of benzene rings is 1. The number of ether oxygens (including phenoxy) is 1. The molecule has 3 heterocycles. The van der Waals surface area contributed by atoms with Gasteiger partial charge in [-0.1, -0.05) is 12.1 Å². The number of rotatable bonds is 3. The average molecular weight is 355 g/mol. The zero-order valence-electron chi connectivity index (χ0n) is 13.9. The van der Waals surface area contributed by atoms with Crippen molar-refractivity contribution in [3.05, 3.63) is 30.6 Å².